The van der Waals surface area contributed by atoms with Crippen LogP contribution in [0.25, 0.3) is 0 Å². The van der Waals surface area contributed by atoms with E-state index in [9.17, 15) is 5.11 Å². The van der Waals surface area contributed by atoms with Crippen LogP contribution in [-0.2, 0) is 4.74 Å². The molecule has 3 saturated carbocycles. The van der Waals surface area contributed by atoms with E-state index in [-0.39, 0.29) is 11.7 Å². The fourth-order valence-corrected chi connectivity index (χ4v) is 8.99. The Balaban J connectivity index is 1.35. The van der Waals surface area contributed by atoms with Gasteiger partial charge in [0.2, 0.25) is 0 Å². The highest BCUT2D eigenvalue weighted by atomic mass is 16.6. The summed E-state index contributed by atoms with van der Waals surface area (Å²) in [5, 5.41) is 10.2. The van der Waals surface area contributed by atoms with E-state index in [0.29, 0.717) is 16.9 Å². The molecule has 1 heterocycles. The fraction of sp³-hybridized carbons (Fsp3) is 0.926. The smallest absolute Gasteiger partial charge is 0.0953 e. The van der Waals surface area contributed by atoms with Gasteiger partial charge in [-0.15, -0.1) is 0 Å². The molecule has 4 aliphatic carbocycles. The van der Waals surface area contributed by atoms with Gasteiger partial charge in [-0.1, -0.05) is 39.3 Å². The number of hydrogen-bond acceptors (Lipinski definition) is 2. The van der Waals surface area contributed by atoms with Gasteiger partial charge in [-0.25, -0.2) is 0 Å². The zero-order chi connectivity index (χ0) is 20.6. The Morgan fingerprint density at radius 3 is 2.62 bits per heavy atom. The molecule has 1 saturated heterocycles. The van der Waals surface area contributed by atoms with Gasteiger partial charge in [0.25, 0.3) is 0 Å². The summed E-state index contributed by atoms with van der Waals surface area (Å²) < 4.78 is 6.47. The van der Waals surface area contributed by atoms with Crippen molar-refractivity contribution in [3.8, 4) is 0 Å². The van der Waals surface area contributed by atoms with Gasteiger partial charge in [0.05, 0.1) is 17.8 Å². The molecule has 5 rings (SSSR count). The number of ether oxygens (including phenoxy) is 1. The topological polar surface area (TPSA) is 32.8 Å². The molecule has 1 N–H and O–H groups in total. The maximum Gasteiger partial charge on any atom is 0.0953 e. The number of hydrogen-bond donors (Lipinski definition) is 1. The van der Waals surface area contributed by atoms with E-state index in [4.69, 9.17) is 4.74 Å². The van der Waals surface area contributed by atoms with Gasteiger partial charge in [-0.3, -0.25) is 0 Å². The predicted molar refractivity (Wildman–Crippen MR) is 119 cm³/mol. The van der Waals surface area contributed by atoms with Crippen molar-refractivity contribution in [1.29, 1.82) is 0 Å². The first-order valence-electron chi connectivity index (χ1n) is 12.7. The maximum atomic E-state index is 10.2. The second-order valence-corrected chi connectivity index (χ2v) is 12.6. The highest BCUT2D eigenvalue weighted by molar-refractivity contribution is 5.26. The van der Waals surface area contributed by atoms with Crippen LogP contribution in [0.4, 0.5) is 0 Å². The van der Waals surface area contributed by atoms with Crippen LogP contribution >= 0.6 is 0 Å². The van der Waals surface area contributed by atoms with Gasteiger partial charge >= 0.3 is 0 Å². The molecule has 0 aromatic rings. The Morgan fingerprint density at radius 2 is 1.86 bits per heavy atom. The summed E-state index contributed by atoms with van der Waals surface area (Å²) in [6.07, 6.45) is 15.5. The molecule has 2 nitrogen and oxygen atoms in total. The van der Waals surface area contributed by atoms with Crippen molar-refractivity contribution in [3.05, 3.63) is 11.6 Å². The fourth-order valence-electron chi connectivity index (χ4n) is 8.99. The zero-order valence-electron chi connectivity index (χ0n) is 19.5. The van der Waals surface area contributed by atoms with Crippen LogP contribution in [0.3, 0.4) is 0 Å². The Hall–Kier alpha value is -0.340. The third-order valence-electron chi connectivity index (χ3n) is 10.8. The Morgan fingerprint density at radius 1 is 1.07 bits per heavy atom. The molecule has 0 bridgehead atoms. The molecule has 9 atom stereocenters. The van der Waals surface area contributed by atoms with Gasteiger partial charge in [0, 0.05) is 0 Å². The molecule has 5 aliphatic rings. The standard InChI is InChI=1S/C27H44O2/c1-17(2)6-11-24-27(5,29-24)23-10-9-21-20-8-7-18-16-19(28)12-14-25(18,3)22(20)13-15-26(21,23)4/h7,17,19-24,28H,6,8-16H2,1-5H3/t19-,20-,21-,22-,23-,24?,25-,26+,27+/m0/s1. The van der Waals surface area contributed by atoms with Crippen molar-refractivity contribution >= 4 is 0 Å². The average molecular weight is 401 g/mol. The van der Waals surface area contributed by atoms with E-state index < -0.39 is 0 Å². The Bertz CT molecular complexity index is 682. The molecule has 0 aromatic heterocycles. The summed E-state index contributed by atoms with van der Waals surface area (Å²) in [7, 11) is 0. The lowest BCUT2D eigenvalue weighted by Crippen LogP contribution is -2.51. The van der Waals surface area contributed by atoms with Gasteiger partial charge in [-0.2, -0.15) is 0 Å². The summed E-state index contributed by atoms with van der Waals surface area (Å²) in [4.78, 5) is 0. The van der Waals surface area contributed by atoms with Crippen molar-refractivity contribution in [2.45, 2.75) is 117 Å². The first-order chi connectivity index (χ1) is 13.7. The van der Waals surface area contributed by atoms with E-state index >= 15 is 0 Å². The number of aliphatic hydroxyl groups excluding tert-OH is 1. The van der Waals surface area contributed by atoms with Gasteiger partial charge in [-0.05, 0) is 112 Å². The average Bonchev–Trinajstić information content (AvgIpc) is 3.17. The monoisotopic (exact) mass is 400 g/mol. The SMILES string of the molecule is CC(C)CCC1O[C@]1(C)[C@H]1CC[C@H]2[C@@H]3CC=C4C[C@@H](O)CC[C@]4(C)[C@H]3CC[C@]21C. The summed E-state index contributed by atoms with van der Waals surface area (Å²) in [5.74, 6) is 4.11. The van der Waals surface area contributed by atoms with Crippen LogP contribution in [0, 0.1) is 40.4 Å². The number of epoxide rings is 1. The van der Waals surface area contributed by atoms with Gasteiger partial charge < -0.3 is 9.84 Å². The molecule has 1 aliphatic heterocycles. The molecule has 0 spiro atoms. The van der Waals surface area contributed by atoms with Crippen molar-refractivity contribution in [2.24, 2.45) is 40.4 Å². The first kappa shape index (κ1) is 20.6. The molecule has 0 radical (unpaired) electrons. The highest BCUT2D eigenvalue weighted by Crippen LogP contribution is 2.70. The largest absolute Gasteiger partial charge is 0.393 e. The summed E-state index contributed by atoms with van der Waals surface area (Å²) in [6, 6.07) is 0. The van der Waals surface area contributed by atoms with E-state index in [1.807, 2.05) is 0 Å². The normalized spacial score (nSPS) is 53.8. The minimum Gasteiger partial charge on any atom is -0.393 e. The lowest BCUT2D eigenvalue weighted by atomic mass is 9.47. The molecular formula is C27H44O2. The van der Waals surface area contributed by atoms with Crippen LogP contribution in [0.15, 0.2) is 11.6 Å². The molecule has 0 amide bonds. The minimum atomic E-state index is -0.0923. The summed E-state index contributed by atoms with van der Waals surface area (Å²) >= 11 is 0. The molecule has 2 heteroatoms. The maximum absolute atomic E-state index is 10.2. The molecule has 1 unspecified atom stereocenters. The molecule has 4 fully saturated rings. The third-order valence-corrected chi connectivity index (χ3v) is 10.8. The van der Waals surface area contributed by atoms with Crippen LogP contribution in [0.5, 0.6) is 0 Å². The highest BCUT2D eigenvalue weighted by Gasteiger charge is 2.67. The zero-order valence-corrected chi connectivity index (χ0v) is 19.5. The summed E-state index contributed by atoms with van der Waals surface area (Å²) in [5.41, 5.74) is 2.58. The molecular weight excluding hydrogens is 356 g/mol. The molecule has 164 valence electrons. The predicted octanol–water partition coefficient (Wildman–Crippen LogP) is 6.52. The number of rotatable bonds is 4. The number of allylic oxidation sites excluding steroid dienone is 1. The Kier molecular flexibility index (Phi) is 4.84. The van der Waals surface area contributed by atoms with Gasteiger partial charge in [0.1, 0.15) is 0 Å². The quantitative estimate of drug-likeness (QED) is 0.430. The third kappa shape index (κ3) is 3.02. The van der Waals surface area contributed by atoms with Crippen molar-refractivity contribution < 1.29 is 9.84 Å². The molecule has 29 heavy (non-hydrogen) atoms. The second kappa shape index (κ2) is 6.83. The van der Waals surface area contributed by atoms with Crippen molar-refractivity contribution in [3.63, 3.8) is 0 Å². The lowest BCUT2D eigenvalue weighted by molar-refractivity contribution is -0.0596. The van der Waals surface area contributed by atoms with Crippen LogP contribution in [-0.4, -0.2) is 22.9 Å². The lowest BCUT2D eigenvalue weighted by Gasteiger charge is -2.58. The van der Waals surface area contributed by atoms with Crippen LogP contribution in [0.2, 0.25) is 0 Å². The number of aliphatic hydroxyl groups is 1. The van der Waals surface area contributed by atoms with Crippen LogP contribution in [0.1, 0.15) is 98.8 Å². The second-order valence-electron chi connectivity index (χ2n) is 12.6. The van der Waals surface area contributed by atoms with E-state index in [0.717, 1.165) is 42.4 Å². The summed E-state index contributed by atoms with van der Waals surface area (Å²) in [6.45, 7) is 12.3. The number of fused-ring (bicyclic) bond motifs is 5. The van der Waals surface area contributed by atoms with Gasteiger partial charge in [0.15, 0.2) is 0 Å². The van der Waals surface area contributed by atoms with Crippen LogP contribution < -0.4 is 0 Å². The van der Waals surface area contributed by atoms with E-state index in [2.05, 4.69) is 40.7 Å². The first-order valence-corrected chi connectivity index (χ1v) is 12.7. The molecule has 0 aromatic carbocycles. The van der Waals surface area contributed by atoms with Crippen molar-refractivity contribution in [1.82, 2.24) is 0 Å². The van der Waals surface area contributed by atoms with E-state index in [1.165, 1.54) is 51.4 Å². The Labute approximate surface area is 178 Å². The minimum absolute atomic E-state index is 0.0923. The van der Waals surface area contributed by atoms with E-state index in [1.54, 1.807) is 5.57 Å². The van der Waals surface area contributed by atoms with Crippen molar-refractivity contribution in [2.75, 3.05) is 0 Å².